The molecule has 7 saturated heterocycles. The van der Waals surface area contributed by atoms with Gasteiger partial charge in [0.2, 0.25) is 0 Å². The van der Waals surface area contributed by atoms with Crippen LogP contribution >= 0.6 is 0 Å². The molecule has 7 fully saturated rings. The second-order valence-corrected chi connectivity index (χ2v) is 8.75. The SMILES string of the molecule is O=C1C(=O)N2CCN3CCN4CCN1[C@@H]4[C@H]32.O=C1NC2C3NCCN3CCN2C1=O. The summed E-state index contributed by atoms with van der Waals surface area (Å²) >= 11 is 0. The molecule has 0 saturated carbocycles. The van der Waals surface area contributed by atoms with Crippen molar-refractivity contribution in [2.45, 2.75) is 24.7 Å². The fourth-order valence-corrected chi connectivity index (χ4v) is 5.97. The van der Waals surface area contributed by atoms with Crippen molar-refractivity contribution in [2.24, 2.45) is 0 Å². The minimum atomic E-state index is -0.467. The Kier molecular flexibility index (Phi) is 4.07. The molecule has 162 valence electrons. The van der Waals surface area contributed by atoms with Crippen LogP contribution in [0, 0.1) is 0 Å². The molecule has 0 aromatic rings. The summed E-state index contributed by atoms with van der Waals surface area (Å²) in [6.07, 6.45) is 0.202. The first-order valence-electron chi connectivity index (χ1n) is 10.7. The molecule has 7 aliphatic rings. The first kappa shape index (κ1) is 18.5. The zero-order valence-corrected chi connectivity index (χ0v) is 16.7. The highest BCUT2D eigenvalue weighted by atomic mass is 16.2. The molecule has 0 spiro atoms. The first-order chi connectivity index (χ1) is 14.5. The molecule has 7 rings (SSSR count). The van der Waals surface area contributed by atoms with Crippen molar-refractivity contribution in [1.29, 1.82) is 0 Å². The molecule has 4 atom stereocenters. The summed E-state index contributed by atoms with van der Waals surface area (Å²) in [6, 6.07) is 0. The van der Waals surface area contributed by atoms with Crippen molar-refractivity contribution in [3.8, 4) is 0 Å². The number of rotatable bonds is 0. The lowest BCUT2D eigenvalue weighted by atomic mass is 10.1. The van der Waals surface area contributed by atoms with Gasteiger partial charge in [-0.15, -0.1) is 0 Å². The van der Waals surface area contributed by atoms with Crippen LogP contribution in [0.2, 0.25) is 0 Å². The number of piperazine rings is 3. The van der Waals surface area contributed by atoms with Crippen LogP contribution in [0.4, 0.5) is 0 Å². The summed E-state index contributed by atoms with van der Waals surface area (Å²) in [5.74, 6) is -1.45. The Morgan fingerprint density at radius 1 is 0.567 bits per heavy atom. The predicted octanol–water partition coefficient (Wildman–Crippen LogP) is -4.53. The second-order valence-electron chi connectivity index (χ2n) is 8.75. The van der Waals surface area contributed by atoms with Crippen LogP contribution in [0.1, 0.15) is 0 Å². The lowest BCUT2D eigenvalue weighted by Crippen LogP contribution is -2.69. The Morgan fingerprint density at radius 2 is 1.10 bits per heavy atom. The van der Waals surface area contributed by atoms with Crippen molar-refractivity contribution >= 4 is 23.6 Å². The average molecular weight is 418 g/mol. The lowest BCUT2D eigenvalue weighted by molar-refractivity contribution is -0.169. The maximum absolute atomic E-state index is 11.9. The van der Waals surface area contributed by atoms with Crippen molar-refractivity contribution in [3.63, 3.8) is 0 Å². The van der Waals surface area contributed by atoms with Gasteiger partial charge in [-0.1, -0.05) is 0 Å². The van der Waals surface area contributed by atoms with Gasteiger partial charge < -0.3 is 20.0 Å². The van der Waals surface area contributed by atoms with Crippen LogP contribution < -0.4 is 10.6 Å². The molecule has 7 heterocycles. The van der Waals surface area contributed by atoms with Gasteiger partial charge in [-0.25, -0.2) is 0 Å². The molecule has 0 bridgehead atoms. The minimum absolute atomic E-state index is 0.110. The normalized spacial score (nSPS) is 37.8. The highest BCUT2D eigenvalue weighted by Crippen LogP contribution is 2.34. The van der Waals surface area contributed by atoms with Gasteiger partial charge in [0.1, 0.15) is 24.7 Å². The van der Waals surface area contributed by atoms with Crippen LogP contribution in [0.25, 0.3) is 0 Å². The van der Waals surface area contributed by atoms with Crippen LogP contribution in [-0.2, 0) is 19.2 Å². The van der Waals surface area contributed by atoms with Gasteiger partial charge in [-0.05, 0) is 0 Å². The summed E-state index contributed by atoms with van der Waals surface area (Å²) in [6.45, 7) is 8.75. The van der Waals surface area contributed by atoms with E-state index >= 15 is 0 Å². The molecule has 0 aromatic carbocycles. The zero-order chi connectivity index (χ0) is 20.6. The van der Waals surface area contributed by atoms with Gasteiger partial charge in [0.05, 0.1) is 0 Å². The molecule has 7 aliphatic heterocycles. The van der Waals surface area contributed by atoms with E-state index in [9.17, 15) is 19.2 Å². The number of hydrogen-bond acceptors (Lipinski definition) is 8. The summed E-state index contributed by atoms with van der Waals surface area (Å²) in [7, 11) is 0. The molecular formula is C18H26N8O4. The lowest BCUT2D eigenvalue weighted by Gasteiger charge is -2.48. The van der Waals surface area contributed by atoms with Gasteiger partial charge >= 0.3 is 23.6 Å². The minimum Gasteiger partial charge on any atom is -0.325 e. The van der Waals surface area contributed by atoms with E-state index in [1.54, 1.807) is 14.7 Å². The monoisotopic (exact) mass is 418 g/mol. The molecule has 0 radical (unpaired) electrons. The summed E-state index contributed by atoms with van der Waals surface area (Å²) in [5.41, 5.74) is 0. The Balaban J connectivity index is 0.000000118. The van der Waals surface area contributed by atoms with E-state index < -0.39 is 5.91 Å². The number of amides is 4. The van der Waals surface area contributed by atoms with E-state index in [0.29, 0.717) is 19.6 Å². The number of fused-ring (bicyclic) bond motifs is 3. The Hall–Kier alpha value is -2.28. The van der Waals surface area contributed by atoms with E-state index in [2.05, 4.69) is 25.3 Å². The number of nitrogens with zero attached hydrogens (tertiary/aromatic N) is 6. The van der Waals surface area contributed by atoms with Crippen LogP contribution in [-0.4, -0.2) is 143 Å². The van der Waals surface area contributed by atoms with Gasteiger partial charge in [0.25, 0.3) is 0 Å². The Morgan fingerprint density at radius 3 is 1.73 bits per heavy atom. The topological polar surface area (TPSA) is 112 Å². The Labute approximate surface area is 173 Å². The second kappa shape index (κ2) is 6.61. The van der Waals surface area contributed by atoms with E-state index in [-0.39, 0.29) is 42.4 Å². The van der Waals surface area contributed by atoms with E-state index in [1.807, 2.05) is 0 Å². The van der Waals surface area contributed by atoms with Gasteiger partial charge in [-0.3, -0.25) is 39.2 Å². The smallest absolute Gasteiger partial charge is 0.313 e. The molecule has 30 heavy (non-hydrogen) atoms. The summed E-state index contributed by atoms with van der Waals surface area (Å²) in [4.78, 5) is 58.5. The standard InChI is InChI=1S/C10H14N4O2.C8H12N4O2/c15-9-10(16)14-6-4-12-2-1-11-3-5-13(9)7(11)8(12)14;13-7-8(14)12-4-3-11-2-1-9-5(11)6(12)10-7/h7-8H,1-6H2;5-6,9H,1-4H2,(H,10,13)/t7-,8-;/m1./s1. The maximum atomic E-state index is 11.9. The van der Waals surface area contributed by atoms with Gasteiger partial charge in [0.15, 0.2) is 0 Å². The van der Waals surface area contributed by atoms with Crippen LogP contribution in [0.15, 0.2) is 0 Å². The van der Waals surface area contributed by atoms with Gasteiger partial charge in [-0.2, -0.15) is 0 Å². The molecule has 4 amide bonds. The fourth-order valence-electron chi connectivity index (χ4n) is 5.97. The molecule has 12 heteroatoms. The zero-order valence-electron chi connectivity index (χ0n) is 16.7. The highest BCUT2D eigenvalue weighted by molar-refractivity contribution is 6.37. The van der Waals surface area contributed by atoms with Crippen LogP contribution in [0.5, 0.6) is 0 Å². The fraction of sp³-hybridized carbons (Fsp3) is 0.778. The van der Waals surface area contributed by atoms with Crippen LogP contribution in [0.3, 0.4) is 0 Å². The summed E-state index contributed by atoms with van der Waals surface area (Å²) < 4.78 is 0. The first-order valence-corrected chi connectivity index (χ1v) is 10.7. The summed E-state index contributed by atoms with van der Waals surface area (Å²) in [5, 5.41) is 6.00. The third-order valence-corrected chi connectivity index (χ3v) is 7.43. The highest BCUT2D eigenvalue weighted by Gasteiger charge is 2.57. The third kappa shape index (κ3) is 2.47. The number of nitrogens with one attached hydrogen (secondary N) is 2. The Bertz CT molecular complexity index is 786. The quantitative estimate of drug-likeness (QED) is 0.379. The molecule has 2 unspecified atom stereocenters. The van der Waals surface area contributed by atoms with Crippen molar-refractivity contribution in [3.05, 3.63) is 0 Å². The average Bonchev–Trinajstić information content (AvgIpc) is 3.51. The van der Waals surface area contributed by atoms with Crippen molar-refractivity contribution in [2.75, 3.05) is 65.4 Å². The molecular weight excluding hydrogens is 392 g/mol. The van der Waals surface area contributed by atoms with E-state index in [0.717, 1.165) is 45.8 Å². The third-order valence-electron chi connectivity index (χ3n) is 7.43. The van der Waals surface area contributed by atoms with Gasteiger partial charge in [0, 0.05) is 65.4 Å². The largest absolute Gasteiger partial charge is 0.325 e. The molecule has 0 aromatic heterocycles. The van der Waals surface area contributed by atoms with E-state index in [1.165, 1.54) is 0 Å². The molecule has 12 nitrogen and oxygen atoms in total. The molecule has 2 N–H and O–H groups in total. The number of carbonyl (C=O) groups excluding carboxylic acids is 4. The number of hydrogen-bond donors (Lipinski definition) is 2. The maximum Gasteiger partial charge on any atom is 0.313 e. The number of carbonyl (C=O) groups is 4. The van der Waals surface area contributed by atoms with Crippen molar-refractivity contribution < 1.29 is 19.2 Å². The predicted molar refractivity (Wildman–Crippen MR) is 101 cm³/mol. The van der Waals surface area contributed by atoms with Crippen molar-refractivity contribution in [1.82, 2.24) is 40.0 Å². The molecule has 0 aliphatic carbocycles. The van der Waals surface area contributed by atoms with E-state index in [4.69, 9.17) is 0 Å².